The van der Waals surface area contributed by atoms with Gasteiger partial charge in [-0.2, -0.15) is 0 Å². The Hall–Kier alpha value is -2.36. The standard InChI is InChI=1S/C16H16FNO2/c1-11(9-12-5-7-14(17)8-6-12)18-16(20)13-3-2-4-15(19)10-13/h2-8,10-11,19H,9H2,1H3,(H,18,20). The molecule has 0 bridgehead atoms. The molecule has 0 aliphatic carbocycles. The van der Waals surface area contributed by atoms with E-state index >= 15 is 0 Å². The Balaban J connectivity index is 1.95. The summed E-state index contributed by atoms with van der Waals surface area (Å²) >= 11 is 0. The van der Waals surface area contributed by atoms with E-state index in [0.29, 0.717) is 12.0 Å². The molecular formula is C16H16FNO2. The topological polar surface area (TPSA) is 49.3 Å². The molecule has 2 aromatic rings. The van der Waals surface area contributed by atoms with Crippen LogP contribution >= 0.6 is 0 Å². The van der Waals surface area contributed by atoms with Gasteiger partial charge in [-0.05, 0) is 49.2 Å². The van der Waals surface area contributed by atoms with Gasteiger partial charge < -0.3 is 10.4 Å². The van der Waals surface area contributed by atoms with E-state index < -0.39 is 0 Å². The predicted molar refractivity (Wildman–Crippen MR) is 75.1 cm³/mol. The molecule has 0 saturated carbocycles. The van der Waals surface area contributed by atoms with E-state index in [1.54, 1.807) is 24.3 Å². The first-order valence-corrected chi connectivity index (χ1v) is 6.39. The first-order valence-electron chi connectivity index (χ1n) is 6.39. The summed E-state index contributed by atoms with van der Waals surface area (Å²) in [4.78, 5) is 12.0. The molecule has 1 atom stereocenters. The molecule has 0 heterocycles. The second-order valence-corrected chi connectivity index (χ2v) is 4.76. The smallest absolute Gasteiger partial charge is 0.251 e. The summed E-state index contributed by atoms with van der Waals surface area (Å²) in [6.45, 7) is 1.88. The van der Waals surface area contributed by atoms with Crippen LogP contribution in [0.2, 0.25) is 0 Å². The van der Waals surface area contributed by atoms with E-state index in [0.717, 1.165) is 5.56 Å². The third kappa shape index (κ3) is 3.82. The highest BCUT2D eigenvalue weighted by Gasteiger charge is 2.10. The minimum atomic E-state index is -0.273. The van der Waals surface area contributed by atoms with E-state index in [2.05, 4.69) is 5.32 Å². The van der Waals surface area contributed by atoms with Crippen molar-refractivity contribution in [3.05, 3.63) is 65.5 Å². The van der Waals surface area contributed by atoms with Gasteiger partial charge in [0.15, 0.2) is 0 Å². The molecule has 0 spiro atoms. The quantitative estimate of drug-likeness (QED) is 0.900. The lowest BCUT2D eigenvalue weighted by Crippen LogP contribution is -2.34. The normalized spacial score (nSPS) is 11.9. The van der Waals surface area contributed by atoms with Gasteiger partial charge in [-0.25, -0.2) is 4.39 Å². The zero-order valence-corrected chi connectivity index (χ0v) is 11.1. The maximum atomic E-state index is 12.8. The number of amides is 1. The van der Waals surface area contributed by atoms with Crippen molar-refractivity contribution in [1.82, 2.24) is 5.32 Å². The summed E-state index contributed by atoms with van der Waals surface area (Å²) in [6, 6.07) is 12.3. The molecule has 0 aliphatic rings. The predicted octanol–water partition coefficient (Wildman–Crippen LogP) is 2.89. The van der Waals surface area contributed by atoms with Crippen LogP contribution in [0.4, 0.5) is 4.39 Å². The fourth-order valence-electron chi connectivity index (χ4n) is 1.98. The third-order valence-electron chi connectivity index (χ3n) is 2.94. The van der Waals surface area contributed by atoms with Crippen LogP contribution in [0.15, 0.2) is 48.5 Å². The summed E-state index contributed by atoms with van der Waals surface area (Å²) in [5, 5.41) is 12.2. The summed E-state index contributed by atoms with van der Waals surface area (Å²) in [6.07, 6.45) is 0.616. The largest absolute Gasteiger partial charge is 0.508 e. The van der Waals surface area contributed by atoms with Crippen LogP contribution in [0.25, 0.3) is 0 Å². The van der Waals surface area contributed by atoms with Gasteiger partial charge in [-0.3, -0.25) is 4.79 Å². The fourth-order valence-corrected chi connectivity index (χ4v) is 1.98. The van der Waals surface area contributed by atoms with E-state index in [9.17, 15) is 14.3 Å². The molecule has 0 fully saturated rings. The number of aromatic hydroxyl groups is 1. The van der Waals surface area contributed by atoms with Crippen LogP contribution in [0.5, 0.6) is 5.75 Å². The van der Waals surface area contributed by atoms with Gasteiger partial charge in [0.2, 0.25) is 0 Å². The Labute approximate surface area is 117 Å². The molecule has 104 valence electrons. The monoisotopic (exact) mass is 273 g/mol. The maximum absolute atomic E-state index is 12.8. The SMILES string of the molecule is CC(Cc1ccc(F)cc1)NC(=O)c1cccc(O)c1. The number of hydrogen-bond acceptors (Lipinski definition) is 2. The number of nitrogens with one attached hydrogen (secondary N) is 1. The van der Waals surface area contributed by atoms with E-state index in [4.69, 9.17) is 0 Å². The molecular weight excluding hydrogens is 257 g/mol. The first-order chi connectivity index (χ1) is 9.54. The molecule has 0 aliphatic heterocycles. The molecule has 0 saturated heterocycles. The molecule has 3 nitrogen and oxygen atoms in total. The second kappa shape index (κ2) is 6.19. The molecule has 2 N–H and O–H groups in total. The number of hydrogen-bond donors (Lipinski definition) is 2. The van der Waals surface area contributed by atoms with Crippen molar-refractivity contribution in [2.24, 2.45) is 0 Å². The lowest BCUT2D eigenvalue weighted by molar-refractivity contribution is 0.0939. The summed E-state index contributed by atoms with van der Waals surface area (Å²) in [7, 11) is 0. The number of rotatable bonds is 4. The Morgan fingerprint density at radius 3 is 2.60 bits per heavy atom. The Morgan fingerprint density at radius 1 is 1.25 bits per heavy atom. The van der Waals surface area contributed by atoms with Crippen LogP contribution in [-0.2, 0) is 6.42 Å². The van der Waals surface area contributed by atoms with E-state index in [1.807, 2.05) is 6.92 Å². The molecule has 2 aromatic carbocycles. The number of carbonyl (C=O) groups is 1. The van der Waals surface area contributed by atoms with Crippen molar-refractivity contribution in [3.63, 3.8) is 0 Å². The van der Waals surface area contributed by atoms with Crippen LogP contribution in [0, 0.1) is 5.82 Å². The summed E-state index contributed by atoms with van der Waals surface area (Å²) in [5.74, 6) is -0.454. The molecule has 0 radical (unpaired) electrons. The lowest BCUT2D eigenvalue weighted by Gasteiger charge is -2.14. The van der Waals surface area contributed by atoms with Crippen LogP contribution in [0.1, 0.15) is 22.8 Å². The average Bonchev–Trinajstić information content (AvgIpc) is 2.41. The molecule has 1 unspecified atom stereocenters. The number of phenolic OH excluding ortho intramolecular Hbond substituents is 1. The van der Waals surface area contributed by atoms with Gasteiger partial charge in [0.05, 0.1) is 0 Å². The van der Waals surface area contributed by atoms with Gasteiger partial charge in [-0.1, -0.05) is 18.2 Å². The molecule has 0 aromatic heterocycles. The zero-order chi connectivity index (χ0) is 14.5. The molecule has 4 heteroatoms. The molecule has 2 rings (SSSR count). The number of carbonyl (C=O) groups excluding carboxylic acids is 1. The minimum absolute atomic E-state index is 0.0591. The number of benzene rings is 2. The van der Waals surface area contributed by atoms with Crippen molar-refractivity contribution >= 4 is 5.91 Å². The maximum Gasteiger partial charge on any atom is 0.251 e. The summed E-state index contributed by atoms with van der Waals surface area (Å²) in [5.41, 5.74) is 1.37. The fraction of sp³-hybridized carbons (Fsp3) is 0.188. The lowest BCUT2D eigenvalue weighted by atomic mass is 10.1. The van der Waals surface area contributed by atoms with Crippen molar-refractivity contribution in [1.29, 1.82) is 0 Å². The van der Waals surface area contributed by atoms with Crippen molar-refractivity contribution in [3.8, 4) is 5.75 Å². The van der Waals surface area contributed by atoms with Gasteiger partial charge in [0, 0.05) is 11.6 Å². The molecule has 1 amide bonds. The Bertz CT molecular complexity index is 596. The third-order valence-corrected chi connectivity index (χ3v) is 2.94. The van der Waals surface area contributed by atoms with Crippen LogP contribution < -0.4 is 5.32 Å². The second-order valence-electron chi connectivity index (χ2n) is 4.76. The highest BCUT2D eigenvalue weighted by Crippen LogP contribution is 2.11. The van der Waals surface area contributed by atoms with E-state index in [-0.39, 0.29) is 23.5 Å². The van der Waals surface area contributed by atoms with Crippen LogP contribution in [-0.4, -0.2) is 17.1 Å². The Morgan fingerprint density at radius 2 is 1.95 bits per heavy atom. The number of halogens is 1. The summed E-state index contributed by atoms with van der Waals surface area (Å²) < 4.78 is 12.8. The van der Waals surface area contributed by atoms with Crippen LogP contribution in [0.3, 0.4) is 0 Å². The van der Waals surface area contributed by atoms with Crippen molar-refractivity contribution in [2.45, 2.75) is 19.4 Å². The highest BCUT2D eigenvalue weighted by molar-refractivity contribution is 5.94. The van der Waals surface area contributed by atoms with Gasteiger partial charge in [0.1, 0.15) is 11.6 Å². The first kappa shape index (κ1) is 14.1. The van der Waals surface area contributed by atoms with Gasteiger partial charge in [0.25, 0.3) is 5.91 Å². The van der Waals surface area contributed by atoms with Gasteiger partial charge >= 0.3 is 0 Å². The Kier molecular flexibility index (Phi) is 4.35. The van der Waals surface area contributed by atoms with Gasteiger partial charge in [-0.15, -0.1) is 0 Å². The average molecular weight is 273 g/mol. The highest BCUT2D eigenvalue weighted by atomic mass is 19.1. The minimum Gasteiger partial charge on any atom is -0.508 e. The van der Waals surface area contributed by atoms with E-state index in [1.165, 1.54) is 24.3 Å². The van der Waals surface area contributed by atoms with Crippen molar-refractivity contribution < 1.29 is 14.3 Å². The van der Waals surface area contributed by atoms with Crippen molar-refractivity contribution in [2.75, 3.05) is 0 Å². The number of phenols is 1. The zero-order valence-electron chi connectivity index (χ0n) is 11.1. The molecule has 20 heavy (non-hydrogen) atoms.